The third kappa shape index (κ3) is 4.43. The maximum absolute atomic E-state index is 3.62. The zero-order chi connectivity index (χ0) is 12.6. The first-order valence-corrected chi connectivity index (χ1v) is 7.32. The SMILES string of the molecule is CC(CCNCC1CCCNC1)c1ccccc1. The van der Waals surface area contributed by atoms with Crippen molar-refractivity contribution < 1.29 is 0 Å². The van der Waals surface area contributed by atoms with Crippen LogP contribution in [0.2, 0.25) is 0 Å². The minimum atomic E-state index is 0.656. The molecule has 18 heavy (non-hydrogen) atoms. The summed E-state index contributed by atoms with van der Waals surface area (Å²) >= 11 is 0. The third-order valence-electron chi connectivity index (χ3n) is 3.95. The molecule has 2 heteroatoms. The van der Waals surface area contributed by atoms with Crippen molar-refractivity contribution in [1.29, 1.82) is 0 Å². The number of hydrogen-bond donors (Lipinski definition) is 2. The van der Waals surface area contributed by atoms with Gasteiger partial charge in [-0.1, -0.05) is 37.3 Å². The minimum Gasteiger partial charge on any atom is -0.316 e. The monoisotopic (exact) mass is 246 g/mol. The van der Waals surface area contributed by atoms with E-state index in [1.54, 1.807) is 0 Å². The van der Waals surface area contributed by atoms with Gasteiger partial charge in [-0.3, -0.25) is 0 Å². The predicted molar refractivity (Wildman–Crippen MR) is 77.9 cm³/mol. The summed E-state index contributed by atoms with van der Waals surface area (Å²) < 4.78 is 0. The molecule has 2 rings (SSSR count). The van der Waals surface area contributed by atoms with Crippen molar-refractivity contribution in [2.24, 2.45) is 5.92 Å². The van der Waals surface area contributed by atoms with E-state index in [1.165, 1.54) is 44.5 Å². The summed E-state index contributed by atoms with van der Waals surface area (Å²) in [7, 11) is 0. The van der Waals surface area contributed by atoms with Crippen molar-refractivity contribution in [1.82, 2.24) is 10.6 Å². The van der Waals surface area contributed by atoms with Crippen LogP contribution in [0.3, 0.4) is 0 Å². The first-order chi connectivity index (χ1) is 8.86. The van der Waals surface area contributed by atoms with Gasteiger partial charge in [0, 0.05) is 0 Å². The first-order valence-electron chi connectivity index (χ1n) is 7.32. The lowest BCUT2D eigenvalue weighted by Crippen LogP contribution is -2.36. The zero-order valence-corrected chi connectivity index (χ0v) is 11.5. The van der Waals surface area contributed by atoms with Gasteiger partial charge in [0.05, 0.1) is 0 Å². The Balaban J connectivity index is 1.60. The van der Waals surface area contributed by atoms with Crippen LogP contribution in [0.15, 0.2) is 30.3 Å². The van der Waals surface area contributed by atoms with Crippen LogP contribution in [0.5, 0.6) is 0 Å². The molecule has 1 aliphatic rings. The molecule has 1 fully saturated rings. The van der Waals surface area contributed by atoms with Crippen molar-refractivity contribution >= 4 is 0 Å². The Morgan fingerprint density at radius 3 is 2.89 bits per heavy atom. The lowest BCUT2D eigenvalue weighted by atomic mass is 9.97. The van der Waals surface area contributed by atoms with E-state index in [2.05, 4.69) is 47.9 Å². The van der Waals surface area contributed by atoms with Crippen LogP contribution in [0.4, 0.5) is 0 Å². The molecular formula is C16H26N2. The summed E-state index contributed by atoms with van der Waals surface area (Å²) in [5, 5.41) is 7.09. The van der Waals surface area contributed by atoms with Gasteiger partial charge < -0.3 is 10.6 Å². The highest BCUT2D eigenvalue weighted by molar-refractivity contribution is 5.18. The number of piperidine rings is 1. The van der Waals surface area contributed by atoms with Gasteiger partial charge >= 0.3 is 0 Å². The van der Waals surface area contributed by atoms with Gasteiger partial charge in [-0.15, -0.1) is 0 Å². The maximum Gasteiger partial charge on any atom is -0.000837 e. The smallest absolute Gasteiger partial charge is 0.000837 e. The molecule has 0 spiro atoms. The molecule has 1 saturated heterocycles. The Kier molecular flexibility index (Phi) is 5.69. The lowest BCUT2D eigenvalue weighted by Gasteiger charge is -2.23. The summed E-state index contributed by atoms with van der Waals surface area (Å²) in [4.78, 5) is 0. The second-order valence-corrected chi connectivity index (χ2v) is 5.52. The Morgan fingerprint density at radius 2 is 2.17 bits per heavy atom. The van der Waals surface area contributed by atoms with Crippen LogP contribution in [0.25, 0.3) is 0 Å². The first kappa shape index (κ1) is 13.6. The van der Waals surface area contributed by atoms with E-state index in [4.69, 9.17) is 0 Å². The highest BCUT2D eigenvalue weighted by Gasteiger charge is 2.12. The molecule has 0 radical (unpaired) electrons. The minimum absolute atomic E-state index is 0.656. The quantitative estimate of drug-likeness (QED) is 0.754. The highest BCUT2D eigenvalue weighted by Crippen LogP contribution is 2.17. The summed E-state index contributed by atoms with van der Waals surface area (Å²) in [5.41, 5.74) is 1.46. The number of rotatable bonds is 6. The molecule has 0 amide bonds. The molecule has 1 aromatic carbocycles. The van der Waals surface area contributed by atoms with E-state index < -0.39 is 0 Å². The largest absolute Gasteiger partial charge is 0.316 e. The van der Waals surface area contributed by atoms with Crippen molar-refractivity contribution in [3.8, 4) is 0 Å². The maximum atomic E-state index is 3.62. The second kappa shape index (κ2) is 7.55. The van der Waals surface area contributed by atoms with E-state index in [0.29, 0.717) is 5.92 Å². The number of nitrogens with one attached hydrogen (secondary N) is 2. The van der Waals surface area contributed by atoms with Crippen LogP contribution in [-0.2, 0) is 0 Å². The van der Waals surface area contributed by atoms with Crippen molar-refractivity contribution in [3.05, 3.63) is 35.9 Å². The zero-order valence-electron chi connectivity index (χ0n) is 11.5. The van der Waals surface area contributed by atoms with Gasteiger partial charge in [0.2, 0.25) is 0 Å². The molecule has 100 valence electrons. The van der Waals surface area contributed by atoms with E-state index in [9.17, 15) is 0 Å². The Labute approximate surface area is 111 Å². The molecule has 2 N–H and O–H groups in total. The molecule has 2 nitrogen and oxygen atoms in total. The average Bonchev–Trinajstić information content (AvgIpc) is 2.45. The predicted octanol–water partition coefficient (Wildman–Crippen LogP) is 2.77. The van der Waals surface area contributed by atoms with Gasteiger partial charge in [0.15, 0.2) is 0 Å². The molecule has 0 aliphatic carbocycles. The van der Waals surface area contributed by atoms with E-state index >= 15 is 0 Å². The molecule has 0 saturated carbocycles. The normalized spacial score (nSPS) is 21.7. The fourth-order valence-electron chi connectivity index (χ4n) is 2.67. The average molecular weight is 246 g/mol. The van der Waals surface area contributed by atoms with Gasteiger partial charge in [-0.25, -0.2) is 0 Å². The fraction of sp³-hybridized carbons (Fsp3) is 0.625. The molecular weight excluding hydrogens is 220 g/mol. The topological polar surface area (TPSA) is 24.1 Å². The van der Waals surface area contributed by atoms with Crippen LogP contribution in [-0.4, -0.2) is 26.2 Å². The van der Waals surface area contributed by atoms with E-state index in [1.807, 2.05) is 0 Å². The summed E-state index contributed by atoms with van der Waals surface area (Å²) in [6, 6.07) is 10.8. The van der Waals surface area contributed by atoms with Crippen molar-refractivity contribution in [3.63, 3.8) is 0 Å². The molecule has 1 aromatic rings. The van der Waals surface area contributed by atoms with Crippen molar-refractivity contribution in [2.45, 2.75) is 32.1 Å². The van der Waals surface area contributed by atoms with Gasteiger partial charge in [-0.05, 0) is 62.8 Å². The lowest BCUT2D eigenvalue weighted by molar-refractivity contribution is 0.358. The highest BCUT2D eigenvalue weighted by atomic mass is 14.9. The molecule has 0 aromatic heterocycles. The molecule has 2 unspecified atom stereocenters. The molecule has 1 aliphatic heterocycles. The second-order valence-electron chi connectivity index (χ2n) is 5.52. The fourth-order valence-corrected chi connectivity index (χ4v) is 2.67. The van der Waals surface area contributed by atoms with E-state index in [-0.39, 0.29) is 0 Å². The van der Waals surface area contributed by atoms with Gasteiger partial charge in [0.25, 0.3) is 0 Å². The van der Waals surface area contributed by atoms with Crippen molar-refractivity contribution in [2.75, 3.05) is 26.2 Å². The van der Waals surface area contributed by atoms with Crippen LogP contribution < -0.4 is 10.6 Å². The van der Waals surface area contributed by atoms with Crippen LogP contribution in [0, 0.1) is 5.92 Å². The molecule has 2 atom stereocenters. The summed E-state index contributed by atoms with van der Waals surface area (Å²) in [6.07, 6.45) is 3.95. The molecule has 0 bridgehead atoms. The van der Waals surface area contributed by atoms with Gasteiger partial charge in [0.1, 0.15) is 0 Å². The number of hydrogen-bond acceptors (Lipinski definition) is 2. The van der Waals surface area contributed by atoms with Crippen LogP contribution in [0.1, 0.15) is 37.7 Å². The van der Waals surface area contributed by atoms with Crippen LogP contribution >= 0.6 is 0 Å². The number of benzene rings is 1. The van der Waals surface area contributed by atoms with E-state index in [0.717, 1.165) is 12.5 Å². The Bertz CT molecular complexity index is 317. The summed E-state index contributed by atoms with van der Waals surface area (Å²) in [6.45, 7) is 7.03. The standard InChI is InChI=1S/C16H26N2/c1-14(16-7-3-2-4-8-16)9-11-18-13-15-6-5-10-17-12-15/h2-4,7-8,14-15,17-18H,5-6,9-13H2,1H3. The Hall–Kier alpha value is -0.860. The van der Waals surface area contributed by atoms with Gasteiger partial charge in [-0.2, -0.15) is 0 Å². The summed E-state index contributed by atoms with van der Waals surface area (Å²) in [5.74, 6) is 1.49. The third-order valence-corrected chi connectivity index (χ3v) is 3.95. The molecule has 1 heterocycles. The Morgan fingerprint density at radius 1 is 1.33 bits per heavy atom.